The summed E-state index contributed by atoms with van der Waals surface area (Å²) >= 11 is 0. The smallest absolute Gasteiger partial charge is 0.444 e. The molecule has 72 heavy (non-hydrogen) atoms. The summed E-state index contributed by atoms with van der Waals surface area (Å²) in [6, 6.07) is 32.1. The SMILES string of the molecule is CC(C)CN(CC[C@H](Cc1ccccc1)NC(=O)OC(C)(C)C)Cc1ccc([N+](=O)[O-])cc1.CCOC(=O)O[C@H](CN(Cc1ccc([N+](=O)[O-])cc1)CC(C)C)[C@H](Cc1ccccc1)NC(=O)OC(C)(C)C. The van der Waals surface area contributed by atoms with Crippen molar-refractivity contribution in [3.05, 3.63) is 152 Å². The molecule has 0 aliphatic carbocycles. The van der Waals surface area contributed by atoms with E-state index in [1.807, 2.05) is 81.4 Å². The van der Waals surface area contributed by atoms with Crippen LogP contribution in [0.3, 0.4) is 0 Å². The van der Waals surface area contributed by atoms with Crippen LogP contribution in [0.25, 0.3) is 0 Å². The lowest BCUT2D eigenvalue weighted by atomic mass is 10.00. The monoisotopic (exact) mass is 999 g/mol. The van der Waals surface area contributed by atoms with Gasteiger partial charge in [-0.15, -0.1) is 0 Å². The molecule has 4 aromatic rings. The molecule has 17 heteroatoms. The van der Waals surface area contributed by atoms with Crippen LogP contribution in [0.5, 0.6) is 0 Å². The Morgan fingerprint density at radius 2 is 1.01 bits per heavy atom. The van der Waals surface area contributed by atoms with Gasteiger partial charge < -0.3 is 29.6 Å². The summed E-state index contributed by atoms with van der Waals surface area (Å²) in [5.74, 6) is 0.743. The average molecular weight is 999 g/mol. The zero-order chi connectivity index (χ0) is 53.4. The van der Waals surface area contributed by atoms with Gasteiger partial charge in [-0.1, -0.05) is 113 Å². The molecule has 0 saturated heterocycles. The summed E-state index contributed by atoms with van der Waals surface area (Å²) < 4.78 is 21.9. The average Bonchev–Trinajstić information content (AvgIpc) is 3.27. The molecule has 0 bridgehead atoms. The topological polar surface area (TPSA) is 205 Å². The van der Waals surface area contributed by atoms with E-state index < -0.39 is 46.6 Å². The number of alkyl carbamates (subject to hydrolysis) is 2. The van der Waals surface area contributed by atoms with Crippen LogP contribution in [0.4, 0.5) is 25.8 Å². The molecule has 4 aromatic carbocycles. The van der Waals surface area contributed by atoms with Gasteiger partial charge in [-0.3, -0.25) is 30.0 Å². The molecule has 0 heterocycles. The molecule has 0 aromatic heterocycles. The van der Waals surface area contributed by atoms with E-state index in [-0.39, 0.29) is 41.4 Å². The molecule has 4 rings (SSSR count). The van der Waals surface area contributed by atoms with E-state index in [9.17, 15) is 34.6 Å². The minimum atomic E-state index is -0.827. The van der Waals surface area contributed by atoms with E-state index in [2.05, 4.69) is 60.3 Å². The summed E-state index contributed by atoms with van der Waals surface area (Å²) in [6.07, 6.45) is -0.779. The molecule has 0 radical (unpaired) electrons. The van der Waals surface area contributed by atoms with Crippen molar-refractivity contribution in [1.29, 1.82) is 0 Å². The number of carbonyl (C=O) groups is 3. The third-order valence-electron chi connectivity index (χ3n) is 10.6. The summed E-state index contributed by atoms with van der Waals surface area (Å²) in [5.41, 5.74) is 2.85. The Balaban J connectivity index is 0.000000386. The summed E-state index contributed by atoms with van der Waals surface area (Å²) in [5, 5.41) is 28.0. The van der Waals surface area contributed by atoms with Gasteiger partial charge in [0.25, 0.3) is 11.4 Å². The van der Waals surface area contributed by atoms with Crippen molar-refractivity contribution < 1.29 is 43.2 Å². The largest absolute Gasteiger partial charge is 0.508 e. The van der Waals surface area contributed by atoms with Gasteiger partial charge in [0.15, 0.2) is 0 Å². The van der Waals surface area contributed by atoms with Crippen LogP contribution in [-0.4, -0.2) is 100 Å². The molecule has 0 unspecified atom stereocenters. The van der Waals surface area contributed by atoms with Crippen molar-refractivity contribution in [2.45, 2.75) is 138 Å². The Morgan fingerprint density at radius 1 is 0.583 bits per heavy atom. The van der Waals surface area contributed by atoms with Gasteiger partial charge in [0, 0.05) is 69.6 Å². The number of hydrogen-bond donors (Lipinski definition) is 2. The first-order chi connectivity index (χ1) is 33.9. The van der Waals surface area contributed by atoms with Gasteiger partial charge in [-0.2, -0.15) is 0 Å². The first-order valence-corrected chi connectivity index (χ1v) is 24.7. The van der Waals surface area contributed by atoms with Gasteiger partial charge in [0.2, 0.25) is 0 Å². The number of nitro benzene ring substituents is 2. The number of nitrogens with zero attached hydrogens (tertiary/aromatic N) is 4. The fraction of sp³-hybridized carbons (Fsp3) is 0.509. The molecule has 2 N–H and O–H groups in total. The Hall–Kier alpha value is -6.59. The van der Waals surface area contributed by atoms with Gasteiger partial charge in [0.1, 0.15) is 17.3 Å². The van der Waals surface area contributed by atoms with Crippen LogP contribution in [0, 0.1) is 32.1 Å². The number of benzene rings is 4. The number of rotatable bonds is 24. The Bertz CT molecular complexity index is 2250. The van der Waals surface area contributed by atoms with Gasteiger partial charge in [0.05, 0.1) is 22.5 Å². The molecular weight excluding hydrogens is 921 g/mol. The van der Waals surface area contributed by atoms with E-state index in [4.69, 9.17) is 18.9 Å². The molecule has 394 valence electrons. The summed E-state index contributed by atoms with van der Waals surface area (Å²) in [6.45, 7) is 25.0. The third-order valence-corrected chi connectivity index (χ3v) is 10.6. The highest BCUT2D eigenvalue weighted by Crippen LogP contribution is 2.20. The highest BCUT2D eigenvalue weighted by Gasteiger charge is 2.32. The Morgan fingerprint density at radius 3 is 1.44 bits per heavy atom. The molecule has 0 aliphatic rings. The number of nitrogens with one attached hydrogen (secondary N) is 2. The summed E-state index contributed by atoms with van der Waals surface area (Å²) in [7, 11) is 0. The van der Waals surface area contributed by atoms with Crippen molar-refractivity contribution in [2.24, 2.45) is 11.8 Å². The standard InChI is InChI=1S/C29H41N3O7.C26H37N3O4/c1-7-37-28(34)38-26(20-31(18-21(2)3)19-23-13-15-24(16-14-23)32(35)36)25(17-22-11-9-8-10-12-22)30-27(33)39-29(4,5)6;1-20(2)18-28(19-22-11-13-24(14-12-22)29(31)32)16-15-23(17-21-9-7-6-8-10-21)27-25(30)33-26(3,4)5/h8-16,21,25-26H,7,17-20H2,1-6H3,(H,30,33);6-14,20,23H,15-19H2,1-5H3,(H,27,30)/t25-,26+;23-/m01/s1. The zero-order valence-electron chi connectivity index (χ0n) is 44.1. The van der Waals surface area contributed by atoms with Crippen LogP contribution in [-0.2, 0) is 44.9 Å². The van der Waals surface area contributed by atoms with Gasteiger partial charge in [-0.25, -0.2) is 14.4 Å². The van der Waals surface area contributed by atoms with E-state index in [1.54, 1.807) is 52.0 Å². The molecule has 17 nitrogen and oxygen atoms in total. The Kier molecular flexibility index (Phi) is 24.6. The number of carbonyl (C=O) groups excluding carboxylic acids is 3. The zero-order valence-corrected chi connectivity index (χ0v) is 44.1. The minimum Gasteiger partial charge on any atom is -0.444 e. The van der Waals surface area contributed by atoms with Crippen molar-refractivity contribution in [2.75, 3.05) is 32.8 Å². The van der Waals surface area contributed by atoms with Crippen LogP contribution in [0.15, 0.2) is 109 Å². The molecule has 2 amide bonds. The molecule has 3 atom stereocenters. The second-order valence-corrected chi connectivity index (χ2v) is 20.7. The van der Waals surface area contributed by atoms with E-state index in [0.717, 1.165) is 41.8 Å². The summed E-state index contributed by atoms with van der Waals surface area (Å²) in [4.78, 5) is 63.4. The van der Waals surface area contributed by atoms with Crippen LogP contribution in [0.1, 0.15) is 105 Å². The number of hydrogen-bond acceptors (Lipinski definition) is 13. The fourth-order valence-corrected chi connectivity index (χ4v) is 7.75. The first kappa shape index (κ1) is 59.7. The second kappa shape index (κ2) is 29.7. The number of ether oxygens (including phenoxy) is 4. The lowest BCUT2D eigenvalue weighted by molar-refractivity contribution is -0.385. The highest BCUT2D eigenvalue weighted by molar-refractivity contribution is 5.69. The first-order valence-electron chi connectivity index (χ1n) is 24.7. The molecular formula is C55H78N6O11. The maximum Gasteiger partial charge on any atom is 0.508 e. The highest BCUT2D eigenvalue weighted by atomic mass is 16.7. The van der Waals surface area contributed by atoms with Crippen LogP contribution >= 0.6 is 0 Å². The van der Waals surface area contributed by atoms with E-state index >= 15 is 0 Å². The maximum absolute atomic E-state index is 12.8. The van der Waals surface area contributed by atoms with Gasteiger partial charge >= 0.3 is 18.3 Å². The second-order valence-electron chi connectivity index (χ2n) is 20.7. The maximum atomic E-state index is 12.8. The van der Waals surface area contributed by atoms with Crippen LogP contribution in [0.2, 0.25) is 0 Å². The molecule has 0 spiro atoms. The number of non-ortho nitro benzene ring substituents is 2. The predicted molar refractivity (Wildman–Crippen MR) is 280 cm³/mol. The van der Waals surface area contributed by atoms with E-state index in [1.165, 1.54) is 12.1 Å². The Labute approximate surface area is 426 Å². The lowest BCUT2D eigenvalue weighted by Crippen LogP contribution is -2.52. The normalized spacial score (nSPS) is 12.8. The van der Waals surface area contributed by atoms with E-state index in [0.29, 0.717) is 38.4 Å². The number of amides is 2. The quantitative estimate of drug-likeness (QED) is 0.0290. The molecule has 0 aliphatic heterocycles. The van der Waals surface area contributed by atoms with Crippen molar-refractivity contribution in [3.8, 4) is 0 Å². The molecule has 0 fully saturated rings. The van der Waals surface area contributed by atoms with Crippen molar-refractivity contribution in [3.63, 3.8) is 0 Å². The number of nitro groups is 2. The molecule has 0 saturated carbocycles. The van der Waals surface area contributed by atoms with Crippen molar-refractivity contribution in [1.82, 2.24) is 20.4 Å². The van der Waals surface area contributed by atoms with Crippen molar-refractivity contribution >= 4 is 29.7 Å². The lowest BCUT2D eigenvalue weighted by Gasteiger charge is -2.33. The third kappa shape index (κ3) is 25.0. The van der Waals surface area contributed by atoms with Crippen LogP contribution < -0.4 is 10.6 Å². The fourth-order valence-electron chi connectivity index (χ4n) is 7.75. The predicted octanol–water partition coefficient (Wildman–Crippen LogP) is 11.3. The minimum absolute atomic E-state index is 0.0159. The van der Waals surface area contributed by atoms with Gasteiger partial charge in [-0.05, 0) is 102 Å².